The third kappa shape index (κ3) is 6.90. The van der Waals surface area contributed by atoms with Crippen LogP contribution in [-0.2, 0) is 14.3 Å². The zero-order chi connectivity index (χ0) is 15.8. The topological polar surface area (TPSA) is 67.4 Å². The van der Waals surface area contributed by atoms with Gasteiger partial charge in [-0.1, -0.05) is 19.9 Å². The van der Waals surface area contributed by atoms with Gasteiger partial charge in [0.25, 0.3) is 0 Å². The van der Waals surface area contributed by atoms with Gasteiger partial charge in [-0.05, 0) is 53.1 Å². The Balaban J connectivity index is 2.51. The molecule has 1 aromatic rings. The molecule has 0 radical (unpaired) electrons. The summed E-state index contributed by atoms with van der Waals surface area (Å²) in [5, 5.41) is 5.74. The summed E-state index contributed by atoms with van der Waals surface area (Å²) in [7, 11) is 1.35. The highest BCUT2D eigenvalue weighted by molar-refractivity contribution is 14.1. The van der Waals surface area contributed by atoms with Crippen LogP contribution in [0, 0.1) is 9.49 Å². The van der Waals surface area contributed by atoms with E-state index in [0.717, 1.165) is 9.26 Å². The number of rotatable bonds is 7. The van der Waals surface area contributed by atoms with Gasteiger partial charge in [-0.2, -0.15) is 0 Å². The standard InChI is InChI=1S/C15H21IN2O3/c1-10(2)7-13(15(20)21-3)17-9-14(19)18-12-6-4-5-11(16)8-12/h4-6,8,10,13,17H,7,9H2,1-3H3,(H,18,19). The quantitative estimate of drug-likeness (QED) is 0.541. The molecule has 116 valence electrons. The fraction of sp³-hybridized carbons (Fsp3) is 0.467. The van der Waals surface area contributed by atoms with Crippen molar-refractivity contribution in [2.45, 2.75) is 26.3 Å². The molecule has 6 heteroatoms. The molecule has 0 saturated heterocycles. The number of methoxy groups -OCH3 is 1. The van der Waals surface area contributed by atoms with E-state index in [4.69, 9.17) is 4.74 Å². The van der Waals surface area contributed by atoms with Crippen molar-refractivity contribution in [2.24, 2.45) is 5.92 Å². The van der Waals surface area contributed by atoms with E-state index >= 15 is 0 Å². The molecule has 5 nitrogen and oxygen atoms in total. The van der Waals surface area contributed by atoms with Crippen LogP contribution in [0.25, 0.3) is 0 Å². The highest BCUT2D eigenvalue weighted by atomic mass is 127. The van der Waals surface area contributed by atoms with Gasteiger partial charge in [-0.15, -0.1) is 0 Å². The molecule has 0 aliphatic heterocycles. The van der Waals surface area contributed by atoms with Crippen LogP contribution in [0.1, 0.15) is 20.3 Å². The van der Waals surface area contributed by atoms with Crippen LogP contribution in [0.5, 0.6) is 0 Å². The zero-order valence-corrected chi connectivity index (χ0v) is 14.6. The Morgan fingerprint density at radius 1 is 1.33 bits per heavy atom. The van der Waals surface area contributed by atoms with E-state index in [1.807, 2.05) is 38.1 Å². The average molecular weight is 404 g/mol. The Hall–Kier alpha value is -1.15. The van der Waals surface area contributed by atoms with Gasteiger partial charge in [0.2, 0.25) is 5.91 Å². The Morgan fingerprint density at radius 3 is 2.62 bits per heavy atom. The van der Waals surface area contributed by atoms with Crippen molar-refractivity contribution in [3.63, 3.8) is 0 Å². The SMILES string of the molecule is COC(=O)C(CC(C)C)NCC(=O)Nc1cccc(I)c1. The first kappa shape index (κ1) is 17.9. The average Bonchev–Trinajstić information content (AvgIpc) is 2.42. The molecule has 0 spiro atoms. The molecule has 2 N–H and O–H groups in total. The van der Waals surface area contributed by atoms with Crippen LogP contribution in [0.3, 0.4) is 0 Å². The highest BCUT2D eigenvalue weighted by Crippen LogP contribution is 2.12. The summed E-state index contributed by atoms with van der Waals surface area (Å²) in [6.07, 6.45) is 0.628. The molecule has 0 bridgehead atoms. The van der Waals surface area contributed by atoms with Gasteiger partial charge in [-0.3, -0.25) is 14.9 Å². The molecule has 0 aliphatic rings. The number of amides is 1. The summed E-state index contributed by atoms with van der Waals surface area (Å²) in [6.45, 7) is 4.10. The van der Waals surface area contributed by atoms with E-state index in [2.05, 4.69) is 33.2 Å². The molecule has 21 heavy (non-hydrogen) atoms. The Kier molecular flexibility index (Phi) is 7.66. The third-order valence-corrected chi connectivity index (χ3v) is 3.48. The van der Waals surface area contributed by atoms with E-state index < -0.39 is 6.04 Å². The molecule has 1 atom stereocenters. The summed E-state index contributed by atoms with van der Waals surface area (Å²) in [5.74, 6) is -0.194. The molecule has 0 aromatic heterocycles. The van der Waals surface area contributed by atoms with Crippen LogP contribution in [0.4, 0.5) is 5.69 Å². The fourth-order valence-corrected chi connectivity index (χ4v) is 2.41. The number of anilines is 1. The van der Waals surface area contributed by atoms with Gasteiger partial charge in [0, 0.05) is 9.26 Å². The maximum absolute atomic E-state index is 11.9. The third-order valence-electron chi connectivity index (χ3n) is 2.81. The lowest BCUT2D eigenvalue weighted by molar-refractivity contribution is -0.143. The predicted octanol–water partition coefficient (Wildman–Crippen LogP) is 2.41. The minimum Gasteiger partial charge on any atom is -0.468 e. The second-order valence-corrected chi connectivity index (χ2v) is 6.39. The summed E-state index contributed by atoms with van der Waals surface area (Å²) in [5.41, 5.74) is 0.743. The summed E-state index contributed by atoms with van der Waals surface area (Å²) in [4.78, 5) is 23.5. The molecule has 1 amide bonds. The van der Waals surface area contributed by atoms with Crippen molar-refractivity contribution in [1.29, 1.82) is 0 Å². The van der Waals surface area contributed by atoms with Gasteiger partial charge in [-0.25, -0.2) is 0 Å². The fourth-order valence-electron chi connectivity index (χ4n) is 1.86. The predicted molar refractivity (Wildman–Crippen MR) is 91.1 cm³/mol. The largest absolute Gasteiger partial charge is 0.468 e. The van der Waals surface area contributed by atoms with E-state index in [1.54, 1.807) is 0 Å². The maximum atomic E-state index is 11.9. The molecule has 0 fully saturated rings. The van der Waals surface area contributed by atoms with Crippen LogP contribution >= 0.6 is 22.6 Å². The van der Waals surface area contributed by atoms with Crippen LogP contribution in [0.15, 0.2) is 24.3 Å². The maximum Gasteiger partial charge on any atom is 0.322 e. The molecular formula is C15H21IN2O3. The van der Waals surface area contributed by atoms with E-state index in [1.165, 1.54) is 7.11 Å². The van der Waals surface area contributed by atoms with E-state index in [-0.39, 0.29) is 18.4 Å². The minimum atomic E-state index is -0.461. The Morgan fingerprint density at radius 2 is 2.05 bits per heavy atom. The number of halogens is 1. The lowest BCUT2D eigenvalue weighted by Gasteiger charge is -2.18. The van der Waals surface area contributed by atoms with Gasteiger partial charge in [0.05, 0.1) is 13.7 Å². The number of carbonyl (C=O) groups is 2. The van der Waals surface area contributed by atoms with Crippen molar-refractivity contribution < 1.29 is 14.3 Å². The van der Waals surface area contributed by atoms with Crippen molar-refractivity contribution in [3.05, 3.63) is 27.8 Å². The number of hydrogen-bond acceptors (Lipinski definition) is 4. The highest BCUT2D eigenvalue weighted by Gasteiger charge is 2.20. The van der Waals surface area contributed by atoms with Gasteiger partial charge in [0.15, 0.2) is 0 Å². The monoisotopic (exact) mass is 404 g/mol. The van der Waals surface area contributed by atoms with Gasteiger partial charge in [0.1, 0.15) is 6.04 Å². The molecule has 1 rings (SSSR count). The number of benzene rings is 1. The first-order chi connectivity index (χ1) is 9.92. The molecule has 0 saturated carbocycles. The Bertz CT molecular complexity index is 492. The number of nitrogens with one attached hydrogen (secondary N) is 2. The number of esters is 1. The second-order valence-electron chi connectivity index (χ2n) is 5.14. The summed E-state index contributed by atoms with van der Waals surface area (Å²) in [6, 6.07) is 7.07. The first-order valence-electron chi connectivity index (χ1n) is 6.79. The smallest absolute Gasteiger partial charge is 0.322 e. The minimum absolute atomic E-state index is 0.0674. The van der Waals surface area contributed by atoms with Crippen molar-refractivity contribution >= 4 is 40.2 Å². The zero-order valence-electron chi connectivity index (χ0n) is 12.5. The van der Waals surface area contributed by atoms with Crippen molar-refractivity contribution in [3.8, 4) is 0 Å². The van der Waals surface area contributed by atoms with E-state index in [0.29, 0.717) is 12.3 Å². The second kappa shape index (κ2) is 8.99. The molecule has 0 aliphatic carbocycles. The van der Waals surface area contributed by atoms with Gasteiger partial charge < -0.3 is 10.1 Å². The van der Waals surface area contributed by atoms with Crippen molar-refractivity contribution in [1.82, 2.24) is 5.32 Å². The number of hydrogen-bond donors (Lipinski definition) is 2. The van der Waals surface area contributed by atoms with Crippen LogP contribution < -0.4 is 10.6 Å². The van der Waals surface area contributed by atoms with Gasteiger partial charge >= 0.3 is 5.97 Å². The molecular weight excluding hydrogens is 383 g/mol. The number of ether oxygens (including phenoxy) is 1. The molecule has 0 heterocycles. The summed E-state index contributed by atoms with van der Waals surface area (Å²) < 4.78 is 5.79. The van der Waals surface area contributed by atoms with Crippen molar-refractivity contribution in [2.75, 3.05) is 19.0 Å². The lowest BCUT2D eigenvalue weighted by Crippen LogP contribution is -2.42. The van der Waals surface area contributed by atoms with Crippen LogP contribution in [0.2, 0.25) is 0 Å². The normalized spacial score (nSPS) is 12.0. The molecule has 1 aromatic carbocycles. The number of carbonyl (C=O) groups excluding carboxylic acids is 2. The van der Waals surface area contributed by atoms with Crippen LogP contribution in [-0.4, -0.2) is 31.6 Å². The first-order valence-corrected chi connectivity index (χ1v) is 7.87. The summed E-state index contributed by atoms with van der Waals surface area (Å²) >= 11 is 2.18. The molecule has 1 unspecified atom stereocenters. The Labute approximate surface area is 139 Å². The lowest BCUT2D eigenvalue weighted by atomic mass is 10.0. The van der Waals surface area contributed by atoms with E-state index in [9.17, 15) is 9.59 Å².